The summed E-state index contributed by atoms with van der Waals surface area (Å²) >= 11 is 6.09. The van der Waals surface area contributed by atoms with Crippen LogP contribution >= 0.6 is 39.0 Å². The number of anilines is 1. The highest BCUT2D eigenvalue weighted by Crippen LogP contribution is 2.39. The van der Waals surface area contributed by atoms with E-state index in [9.17, 15) is 4.79 Å². The standard InChI is InChI=1S/C18H18BrN3O2S2/c1-10(8-19)9-24-17(23)15-13(20)12-14(11-6-4-3-5-7-11)21-18(25-2)22-16(12)26-15/h3-7,10H,8-9,20H2,1-2H3. The molecule has 26 heavy (non-hydrogen) atoms. The highest BCUT2D eigenvalue weighted by atomic mass is 79.9. The Balaban J connectivity index is 2.09. The molecular weight excluding hydrogens is 434 g/mol. The Kier molecular flexibility index (Phi) is 6.16. The van der Waals surface area contributed by atoms with Crippen LogP contribution in [0.4, 0.5) is 5.69 Å². The van der Waals surface area contributed by atoms with Gasteiger partial charge in [-0.25, -0.2) is 14.8 Å². The minimum Gasteiger partial charge on any atom is -0.461 e. The van der Waals surface area contributed by atoms with Crippen LogP contribution in [0, 0.1) is 5.92 Å². The smallest absolute Gasteiger partial charge is 0.350 e. The van der Waals surface area contributed by atoms with Crippen molar-refractivity contribution in [2.24, 2.45) is 5.92 Å². The van der Waals surface area contributed by atoms with Gasteiger partial charge in [-0.05, 0) is 12.2 Å². The lowest BCUT2D eigenvalue weighted by Gasteiger charge is -2.08. The zero-order valence-electron chi connectivity index (χ0n) is 14.4. The van der Waals surface area contributed by atoms with Crippen LogP contribution in [0.3, 0.4) is 0 Å². The molecular formula is C18H18BrN3O2S2. The quantitative estimate of drug-likeness (QED) is 0.249. The van der Waals surface area contributed by atoms with Crippen LogP contribution in [-0.4, -0.2) is 34.1 Å². The van der Waals surface area contributed by atoms with Gasteiger partial charge in [0.25, 0.3) is 0 Å². The van der Waals surface area contributed by atoms with E-state index in [1.165, 1.54) is 23.1 Å². The molecule has 0 bridgehead atoms. The van der Waals surface area contributed by atoms with E-state index in [4.69, 9.17) is 10.5 Å². The first kappa shape index (κ1) is 19.1. The molecule has 136 valence electrons. The fourth-order valence-corrected chi connectivity index (χ4v) is 3.98. The number of benzene rings is 1. The molecule has 2 aromatic heterocycles. The lowest BCUT2D eigenvalue weighted by molar-refractivity contribution is 0.0469. The van der Waals surface area contributed by atoms with Gasteiger partial charge in [0.1, 0.15) is 9.71 Å². The van der Waals surface area contributed by atoms with Crippen molar-refractivity contribution in [1.29, 1.82) is 0 Å². The number of nitrogen functional groups attached to an aromatic ring is 1. The number of aromatic nitrogens is 2. The molecule has 2 N–H and O–H groups in total. The number of carbonyl (C=O) groups excluding carboxylic acids is 1. The summed E-state index contributed by atoms with van der Waals surface area (Å²) in [6.45, 7) is 2.34. The average molecular weight is 452 g/mol. The van der Waals surface area contributed by atoms with Crippen LogP contribution < -0.4 is 5.73 Å². The molecule has 3 aromatic rings. The first-order valence-corrected chi connectivity index (χ1v) is 11.1. The van der Waals surface area contributed by atoms with E-state index >= 15 is 0 Å². The Morgan fingerprint density at radius 2 is 2.08 bits per heavy atom. The summed E-state index contributed by atoms with van der Waals surface area (Å²) in [4.78, 5) is 22.7. The second kappa shape index (κ2) is 8.37. The number of esters is 1. The summed E-state index contributed by atoms with van der Waals surface area (Å²) in [5, 5.41) is 2.12. The van der Waals surface area contributed by atoms with Gasteiger partial charge in [0.15, 0.2) is 5.16 Å². The summed E-state index contributed by atoms with van der Waals surface area (Å²) < 4.78 is 5.40. The summed E-state index contributed by atoms with van der Waals surface area (Å²) in [5.41, 5.74) is 8.38. The largest absolute Gasteiger partial charge is 0.461 e. The average Bonchev–Trinajstić information content (AvgIpc) is 3.02. The summed E-state index contributed by atoms with van der Waals surface area (Å²) in [6, 6.07) is 9.78. The van der Waals surface area contributed by atoms with Crippen LogP contribution in [0.25, 0.3) is 21.5 Å². The van der Waals surface area contributed by atoms with Gasteiger partial charge >= 0.3 is 5.97 Å². The monoisotopic (exact) mass is 451 g/mol. The molecule has 3 rings (SSSR count). The minimum absolute atomic E-state index is 0.234. The summed E-state index contributed by atoms with van der Waals surface area (Å²) in [7, 11) is 0. The van der Waals surface area contributed by atoms with E-state index in [1.54, 1.807) is 0 Å². The minimum atomic E-state index is -0.414. The van der Waals surface area contributed by atoms with E-state index in [0.29, 0.717) is 32.5 Å². The molecule has 0 aliphatic carbocycles. The first-order valence-electron chi connectivity index (χ1n) is 7.97. The van der Waals surface area contributed by atoms with Crippen molar-refractivity contribution < 1.29 is 9.53 Å². The number of hydrogen-bond donors (Lipinski definition) is 1. The molecule has 0 fully saturated rings. The van der Waals surface area contributed by atoms with E-state index in [2.05, 4.69) is 25.9 Å². The number of fused-ring (bicyclic) bond motifs is 1. The predicted octanol–water partition coefficient (Wildman–Crippen LogP) is 4.85. The van der Waals surface area contributed by atoms with E-state index < -0.39 is 5.97 Å². The number of rotatable bonds is 6. The number of carbonyl (C=O) groups is 1. The Labute approximate surface area is 168 Å². The third-order valence-electron chi connectivity index (χ3n) is 3.75. The molecule has 1 atom stereocenters. The maximum absolute atomic E-state index is 12.5. The second-order valence-electron chi connectivity index (χ2n) is 5.81. The van der Waals surface area contributed by atoms with Crippen molar-refractivity contribution in [2.45, 2.75) is 12.1 Å². The molecule has 0 aliphatic heterocycles. The number of thiophene rings is 1. The number of nitrogens with two attached hydrogens (primary N) is 1. The number of nitrogens with zero attached hydrogens (tertiary/aromatic N) is 2. The van der Waals surface area contributed by atoms with Crippen LogP contribution in [0.15, 0.2) is 35.5 Å². The molecule has 0 radical (unpaired) electrons. The predicted molar refractivity (Wildman–Crippen MR) is 112 cm³/mol. The maximum Gasteiger partial charge on any atom is 0.350 e. The van der Waals surface area contributed by atoms with Crippen LogP contribution in [-0.2, 0) is 4.74 Å². The van der Waals surface area contributed by atoms with Gasteiger partial charge in [-0.15, -0.1) is 11.3 Å². The highest BCUT2D eigenvalue weighted by Gasteiger charge is 2.23. The Bertz CT molecular complexity index is 931. The zero-order valence-corrected chi connectivity index (χ0v) is 17.6. The van der Waals surface area contributed by atoms with Crippen molar-refractivity contribution in [3.8, 4) is 11.3 Å². The molecule has 0 amide bonds. The van der Waals surface area contributed by atoms with Crippen LogP contribution in [0.1, 0.15) is 16.6 Å². The maximum atomic E-state index is 12.5. The number of thioether (sulfide) groups is 1. The van der Waals surface area contributed by atoms with Gasteiger partial charge in [0.05, 0.1) is 23.4 Å². The molecule has 1 aromatic carbocycles. The van der Waals surface area contributed by atoms with Gasteiger partial charge in [0.2, 0.25) is 0 Å². The second-order valence-corrected chi connectivity index (χ2v) is 8.23. The van der Waals surface area contributed by atoms with E-state index in [-0.39, 0.29) is 5.92 Å². The molecule has 0 spiro atoms. The third kappa shape index (κ3) is 3.87. The number of halogens is 1. The van der Waals surface area contributed by atoms with Crippen molar-refractivity contribution in [2.75, 3.05) is 23.9 Å². The van der Waals surface area contributed by atoms with Crippen molar-refractivity contribution in [3.05, 3.63) is 35.2 Å². The lowest BCUT2D eigenvalue weighted by atomic mass is 10.1. The third-order valence-corrected chi connectivity index (χ3v) is 6.48. The molecule has 5 nitrogen and oxygen atoms in total. The van der Waals surface area contributed by atoms with Gasteiger partial charge < -0.3 is 10.5 Å². The SMILES string of the molecule is CSc1nc(-c2ccccc2)c2c(N)c(C(=O)OCC(C)CBr)sc2n1. The van der Waals surface area contributed by atoms with Crippen LogP contribution in [0.2, 0.25) is 0 Å². The zero-order chi connectivity index (χ0) is 18.7. The topological polar surface area (TPSA) is 78.1 Å². The van der Waals surface area contributed by atoms with Crippen LogP contribution in [0.5, 0.6) is 0 Å². The Morgan fingerprint density at radius 3 is 2.73 bits per heavy atom. The van der Waals surface area contributed by atoms with Gasteiger partial charge in [0, 0.05) is 10.9 Å². The summed E-state index contributed by atoms with van der Waals surface area (Å²) in [5.74, 6) is -0.180. The molecule has 0 aliphatic rings. The van der Waals surface area contributed by atoms with E-state index in [0.717, 1.165) is 16.6 Å². The normalized spacial score (nSPS) is 12.3. The highest BCUT2D eigenvalue weighted by molar-refractivity contribution is 9.09. The molecule has 8 heteroatoms. The molecule has 1 unspecified atom stereocenters. The van der Waals surface area contributed by atoms with E-state index in [1.807, 2.05) is 43.5 Å². The molecule has 0 saturated carbocycles. The fourth-order valence-electron chi connectivity index (χ4n) is 2.38. The van der Waals surface area contributed by atoms with Gasteiger partial charge in [-0.1, -0.05) is 64.9 Å². The molecule has 0 saturated heterocycles. The summed E-state index contributed by atoms with van der Waals surface area (Å²) in [6.07, 6.45) is 1.92. The Hall–Kier alpha value is -1.64. The molecule has 2 heterocycles. The van der Waals surface area contributed by atoms with Crippen molar-refractivity contribution in [3.63, 3.8) is 0 Å². The lowest BCUT2D eigenvalue weighted by Crippen LogP contribution is -2.13. The number of hydrogen-bond acceptors (Lipinski definition) is 7. The fraction of sp³-hybridized carbons (Fsp3) is 0.278. The first-order chi connectivity index (χ1) is 12.5. The number of ether oxygens (including phenoxy) is 1. The van der Waals surface area contributed by atoms with Crippen molar-refractivity contribution >= 4 is 60.9 Å². The van der Waals surface area contributed by atoms with Gasteiger partial charge in [-0.3, -0.25) is 0 Å². The van der Waals surface area contributed by atoms with Crippen molar-refractivity contribution in [1.82, 2.24) is 9.97 Å². The number of alkyl halides is 1. The van der Waals surface area contributed by atoms with Gasteiger partial charge in [-0.2, -0.15) is 0 Å². The Morgan fingerprint density at radius 1 is 1.35 bits per heavy atom.